The summed E-state index contributed by atoms with van der Waals surface area (Å²) in [6, 6.07) is 7.31. The number of piperidine rings is 1. The van der Waals surface area contributed by atoms with E-state index < -0.39 is 5.92 Å². The lowest BCUT2D eigenvalue weighted by Gasteiger charge is -2.31. The Morgan fingerprint density at radius 1 is 1.12 bits per heavy atom. The van der Waals surface area contributed by atoms with Gasteiger partial charge in [-0.05, 0) is 31.7 Å². The van der Waals surface area contributed by atoms with Gasteiger partial charge in [-0.3, -0.25) is 14.4 Å². The second-order valence-corrected chi connectivity index (χ2v) is 9.28. The Kier molecular flexibility index (Phi) is 6.77. The largest absolute Gasteiger partial charge is 0.343 e. The fourth-order valence-corrected chi connectivity index (χ4v) is 4.65. The molecule has 0 bridgehead atoms. The first-order valence-electron chi connectivity index (χ1n) is 11.7. The molecule has 1 fully saturated rings. The number of nitrogens with zero attached hydrogens (tertiary/aromatic N) is 3. The van der Waals surface area contributed by atoms with Crippen LogP contribution in [-0.4, -0.2) is 45.7 Å². The van der Waals surface area contributed by atoms with E-state index >= 15 is 0 Å². The lowest BCUT2D eigenvalue weighted by molar-refractivity contribution is -0.132. The summed E-state index contributed by atoms with van der Waals surface area (Å²) in [4.78, 5) is 44.1. The molecule has 34 heavy (non-hydrogen) atoms. The first-order valence-corrected chi connectivity index (χ1v) is 11.7. The Morgan fingerprint density at radius 3 is 2.44 bits per heavy atom. The summed E-state index contributed by atoms with van der Waals surface area (Å²) in [6.07, 6.45) is 4.85. The van der Waals surface area contributed by atoms with E-state index in [1.807, 2.05) is 17.8 Å². The highest BCUT2D eigenvalue weighted by molar-refractivity contribution is 6.15. The summed E-state index contributed by atoms with van der Waals surface area (Å²) in [5, 5.41) is 0. The van der Waals surface area contributed by atoms with Crippen LogP contribution in [-0.2, 0) is 17.8 Å². The van der Waals surface area contributed by atoms with Crippen LogP contribution in [0, 0.1) is 5.92 Å². The van der Waals surface area contributed by atoms with Crippen molar-refractivity contribution in [3.05, 3.63) is 53.2 Å². The normalized spacial score (nSPS) is 16.9. The van der Waals surface area contributed by atoms with Gasteiger partial charge >= 0.3 is 0 Å². The van der Waals surface area contributed by atoms with Crippen LogP contribution in [0.3, 0.4) is 0 Å². The van der Waals surface area contributed by atoms with Crippen LogP contribution in [0.15, 0.2) is 41.5 Å². The standard InChI is InChI=1S/C26H29F2N3O3/c1-26(27,28)19-8-6-17(7-9-19)24(34)18-10-14-31(15-11-18)23(33)5-3-4-20-16-22(32)21-12-13-30(2)25(21)29-20/h6-9,12-13,18H,3-5,10-11,14-16H2,1-2H3. The van der Waals surface area contributed by atoms with Gasteiger partial charge in [-0.2, -0.15) is 0 Å². The van der Waals surface area contributed by atoms with E-state index in [1.54, 1.807) is 11.0 Å². The van der Waals surface area contributed by atoms with E-state index in [9.17, 15) is 23.2 Å². The van der Waals surface area contributed by atoms with E-state index in [0.717, 1.165) is 12.6 Å². The van der Waals surface area contributed by atoms with Crippen LogP contribution < -0.4 is 0 Å². The number of carbonyl (C=O) groups excluding carboxylic acids is 3. The van der Waals surface area contributed by atoms with Crippen LogP contribution >= 0.6 is 0 Å². The number of rotatable bonds is 7. The number of hydrogen-bond acceptors (Lipinski definition) is 4. The van der Waals surface area contributed by atoms with Crippen LogP contribution in [0.4, 0.5) is 14.6 Å². The molecule has 0 saturated carbocycles. The molecule has 0 spiro atoms. The van der Waals surface area contributed by atoms with E-state index in [2.05, 4.69) is 4.99 Å². The summed E-state index contributed by atoms with van der Waals surface area (Å²) < 4.78 is 28.6. The van der Waals surface area contributed by atoms with Crippen LogP contribution in [0.2, 0.25) is 0 Å². The molecular formula is C26H29F2N3O3. The first kappa shape index (κ1) is 24.0. The van der Waals surface area contributed by atoms with Gasteiger partial charge in [0.1, 0.15) is 5.82 Å². The minimum Gasteiger partial charge on any atom is -0.343 e. The average Bonchev–Trinajstić information content (AvgIpc) is 3.19. The van der Waals surface area contributed by atoms with Gasteiger partial charge in [0.2, 0.25) is 5.91 Å². The molecule has 2 aliphatic heterocycles. The lowest BCUT2D eigenvalue weighted by Crippen LogP contribution is -2.40. The lowest BCUT2D eigenvalue weighted by atomic mass is 9.88. The number of carbonyl (C=O) groups is 3. The highest BCUT2D eigenvalue weighted by Crippen LogP contribution is 2.29. The van der Waals surface area contributed by atoms with Gasteiger partial charge in [0.25, 0.3) is 5.92 Å². The minimum absolute atomic E-state index is 0.0442. The number of benzene rings is 1. The Hall–Kier alpha value is -3.16. The van der Waals surface area contributed by atoms with Gasteiger partial charge in [-0.1, -0.05) is 24.3 Å². The van der Waals surface area contributed by atoms with Crippen LogP contribution in [0.1, 0.15) is 71.7 Å². The van der Waals surface area contributed by atoms with Crippen molar-refractivity contribution < 1.29 is 23.2 Å². The topological polar surface area (TPSA) is 71.7 Å². The summed E-state index contributed by atoms with van der Waals surface area (Å²) in [5.74, 6) is -2.41. The zero-order valence-corrected chi connectivity index (χ0v) is 19.5. The predicted octanol–water partition coefficient (Wildman–Crippen LogP) is 5.09. The third kappa shape index (κ3) is 5.16. The molecule has 2 aromatic rings. The van der Waals surface area contributed by atoms with Crippen molar-refractivity contribution in [3.8, 4) is 0 Å². The van der Waals surface area contributed by atoms with Crippen molar-refractivity contribution in [1.29, 1.82) is 0 Å². The second kappa shape index (κ2) is 9.60. The highest BCUT2D eigenvalue weighted by atomic mass is 19.3. The monoisotopic (exact) mass is 469 g/mol. The molecule has 1 amide bonds. The highest BCUT2D eigenvalue weighted by Gasteiger charge is 2.29. The van der Waals surface area contributed by atoms with Crippen molar-refractivity contribution in [2.24, 2.45) is 18.0 Å². The van der Waals surface area contributed by atoms with Gasteiger partial charge in [-0.25, -0.2) is 13.8 Å². The average molecular weight is 470 g/mol. The van der Waals surface area contributed by atoms with Crippen LogP contribution in [0.5, 0.6) is 0 Å². The van der Waals surface area contributed by atoms with Gasteiger partial charge in [-0.15, -0.1) is 0 Å². The number of aromatic nitrogens is 1. The van der Waals surface area contributed by atoms with Crippen molar-refractivity contribution in [2.45, 2.75) is 51.4 Å². The number of fused-ring (bicyclic) bond motifs is 1. The number of ketones is 2. The molecule has 1 aromatic heterocycles. The van der Waals surface area contributed by atoms with E-state index in [1.165, 1.54) is 24.3 Å². The molecule has 4 rings (SSSR count). The number of aliphatic imine (C=N–C) groups is 1. The molecule has 1 saturated heterocycles. The molecule has 3 heterocycles. The smallest absolute Gasteiger partial charge is 0.270 e. The van der Waals surface area contributed by atoms with Crippen LogP contribution in [0.25, 0.3) is 0 Å². The number of amides is 1. The summed E-state index contributed by atoms with van der Waals surface area (Å²) in [6.45, 7) is 1.84. The fraction of sp³-hybridized carbons (Fsp3) is 0.462. The van der Waals surface area contributed by atoms with Gasteiger partial charge in [0.15, 0.2) is 11.6 Å². The van der Waals surface area contributed by atoms with Gasteiger partial charge in [0.05, 0.1) is 5.56 Å². The Morgan fingerprint density at radius 2 is 1.79 bits per heavy atom. The molecule has 0 atom stereocenters. The van der Waals surface area contributed by atoms with E-state index in [0.29, 0.717) is 68.6 Å². The number of alkyl halides is 2. The molecule has 0 aliphatic carbocycles. The maximum atomic E-state index is 13.4. The maximum Gasteiger partial charge on any atom is 0.270 e. The second-order valence-electron chi connectivity index (χ2n) is 9.28. The third-order valence-corrected chi connectivity index (χ3v) is 6.72. The summed E-state index contributed by atoms with van der Waals surface area (Å²) in [5.41, 5.74) is 1.78. The van der Waals surface area contributed by atoms with E-state index in [4.69, 9.17) is 0 Å². The Balaban J connectivity index is 1.24. The zero-order chi connectivity index (χ0) is 24.5. The zero-order valence-electron chi connectivity index (χ0n) is 19.5. The quantitative estimate of drug-likeness (QED) is 0.531. The SMILES string of the molecule is Cn1ccc2c1N=C(CCCC(=O)N1CCC(C(=O)c3ccc(C(C)(F)F)cc3)CC1)CC2=O. The molecule has 0 radical (unpaired) electrons. The van der Waals surface area contributed by atoms with Gasteiger partial charge < -0.3 is 9.47 Å². The number of aryl methyl sites for hydroxylation is 1. The molecule has 8 heteroatoms. The number of likely N-dealkylation sites (tertiary alicyclic amines) is 1. The van der Waals surface area contributed by atoms with E-state index in [-0.39, 0.29) is 29.0 Å². The number of Topliss-reactive ketones (excluding diaryl/α,β-unsaturated/α-hetero) is 2. The molecule has 6 nitrogen and oxygen atoms in total. The molecular weight excluding hydrogens is 440 g/mol. The first-order chi connectivity index (χ1) is 16.1. The predicted molar refractivity (Wildman–Crippen MR) is 125 cm³/mol. The molecule has 2 aliphatic rings. The third-order valence-electron chi connectivity index (χ3n) is 6.72. The Bertz CT molecular complexity index is 1120. The molecule has 1 aromatic carbocycles. The summed E-state index contributed by atoms with van der Waals surface area (Å²) in [7, 11) is 1.86. The van der Waals surface area contributed by atoms with Crippen molar-refractivity contribution >= 4 is 29.0 Å². The molecule has 180 valence electrons. The number of hydrogen-bond donors (Lipinski definition) is 0. The molecule has 0 unspecified atom stereocenters. The fourth-order valence-electron chi connectivity index (χ4n) is 4.65. The Labute approximate surface area is 197 Å². The van der Waals surface area contributed by atoms with Gasteiger partial charge in [0, 0.05) is 68.9 Å². The van der Waals surface area contributed by atoms with Crippen molar-refractivity contribution in [2.75, 3.05) is 13.1 Å². The maximum absolute atomic E-state index is 13.4. The van der Waals surface area contributed by atoms with Crippen molar-refractivity contribution in [3.63, 3.8) is 0 Å². The molecule has 0 N–H and O–H groups in total. The number of halogens is 2. The van der Waals surface area contributed by atoms with Crippen molar-refractivity contribution in [1.82, 2.24) is 9.47 Å². The summed E-state index contributed by atoms with van der Waals surface area (Å²) >= 11 is 0. The minimum atomic E-state index is -2.93.